The maximum Gasteiger partial charge on any atom is 0.328 e. The molecule has 0 aromatic heterocycles. The molecular formula is C11H20N2O5. The van der Waals surface area contributed by atoms with Gasteiger partial charge in [-0.2, -0.15) is 0 Å². The van der Waals surface area contributed by atoms with E-state index in [2.05, 4.69) is 5.32 Å². The minimum atomic E-state index is -1.30. The lowest BCUT2D eigenvalue weighted by atomic mass is 10.2. The highest BCUT2D eigenvalue weighted by atomic mass is 16.5. The molecule has 0 bridgehead atoms. The number of carboxylic acids is 1. The highest BCUT2D eigenvalue weighted by Gasteiger charge is 2.32. The van der Waals surface area contributed by atoms with Crippen molar-refractivity contribution in [3.63, 3.8) is 0 Å². The highest BCUT2D eigenvalue weighted by Crippen LogP contribution is 2.11. The number of ether oxygens (including phenoxy) is 1. The maximum absolute atomic E-state index is 12.0. The first-order chi connectivity index (χ1) is 8.32. The molecule has 1 rings (SSSR count). The molecule has 7 nitrogen and oxygen atoms in total. The number of nitrogens with one attached hydrogen (secondary N) is 1. The summed E-state index contributed by atoms with van der Waals surface area (Å²) in [5.41, 5.74) is 0. The Hall–Kier alpha value is -1.34. The van der Waals surface area contributed by atoms with Gasteiger partial charge in [-0.05, 0) is 20.8 Å². The number of amides is 2. The molecule has 1 fully saturated rings. The summed E-state index contributed by atoms with van der Waals surface area (Å²) in [6.07, 6.45) is -1.23. The van der Waals surface area contributed by atoms with Crippen LogP contribution in [-0.2, 0) is 9.53 Å². The summed E-state index contributed by atoms with van der Waals surface area (Å²) in [4.78, 5) is 24.4. The van der Waals surface area contributed by atoms with E-state index in [1.54, 1.807) is 0 Å². The predicted octanol–water partition coefficient (Wildman–Crippen LogP) is -0.361. The summed E-state index contributed by atoms with van der Waals surface area (Å²) < 4.78 is 5.38. The van der Waals surface area contributed by atoms with E-state index in [0.29, 0.717) is 13.2 Å². The maximum atomic E-state index is 12.0. The lowest BCUT2D eigenvalue weighted by Gasteiger charge is -2.37. The van der Waals surface area contributed by atoms with E-state index in [1.165, 1.54) is 11.8 Å². The Labute approximate surface area is 106 Å². The second-order valence-corrected chi connectivity index (χ2v) is 4.65. The van der Waals surface area contributed by atoms with Gasteiger partial charge in [0.25, 0.3) is 0 Å². The molecular weight excluding hydrogens is 240 g/mol. The first-order valence-corrected chi connectivity index (χ1v) is 5.92. The van der Waals surface area contributed by atoms with Crippen LogP contribution >= 0.6 is 0 Å². The molecule has 1 aliphatic rings. The van der Waals surface area contributed by atoms with Crippen LogP contribution in [0.5, 0.6) is 0 Å². The number of urea groups is 1. The van der Waals surface area contributed by atoms with Crippen molar-refractivity contribution in [1.29, 1.82) is 0 Å². The number of morpholine rings is 1. The number of hydrogen-bond acceptors (Lipinski definition) is 4. The number of carbonyl (C=O) groups is 2. The Balaban J connectivity index is 2.65. The third-order valence-electron chi connectivity index (χ3n) is 2.90. The van der Waals surface area contributed by atoms with Gasteiger partial charge in [0.05, 0.1) is 24.9 Å². The highest BCUT2D eigenvalue weighted by molar-refractivity contribution is 5.83. The average molecular weight is 260 g/mol. The number of carbonyl (C=O) groups excluding carboxylic acids is 1. The Morgan fingerprint density at radius 2 is 2.06 bits per heavy atom. The van der Waals surface area contributed by atoms with E-state index < -0.39 is 24.1 Å². The minimum absolute atomic E-state index is 0.0817. The molecule has 0 aromatic rings. The fourth-order valence-corrected chi connectivity index (χ4v) is 1.79. The zero-order valence-corrected chi connectivity index (χ0v) is 10.8. The molecule has 0 spiro atoms. The molecule has 2 amide bonds. The van der Waals surface area contributed by atoms with Crippen LogP contribution in [0.1, 0.15) is 20.8 Å². The zero-order valence-electron chi connectivity index (χ0n) is 10.8. The van der Waals surface area contributed by atoms with Crippen LogP contribution in [0, 0.1) is 0 Å². The SMILES string of the molecule is CC1CN(C(=O)NC(C(=O)O)C(C)O)C(C)CO1. The Kier molecular flexibility index (Phi) is 4.92. The number of rotatable bonds is 3. The first-order valence-electron chi connectivity index (χ1n) is 5.92. The molecule has 1 aliphatic heterocycles. The number of aliphatic carboxylic acids is 1. The summed E-state index contributed by atoms with van der Waals surface area (Å²) in [6, 6.07) is -1.92. The van der Waals surface area contributed by atoms with Crippen molar-refractivity contribution >= 4 is 12.0 Å². The molecule has 1 heterocycles. The van der Waals surface area contributed by atoms with Crippen molar-refractivity contribution in [2.75, 3.05) is 13.2 Å². The molecule has 4 atom stereocenters. The molecule has 0 aromatic carbocycles. The molecule has 0 radical (unpaired) electrons. The average Bonchev–Trinajstić information content (AvgIpc) is 2.28. The van der Waals surface area contributed by atoms with Crippen molar-refractivity contribution in [3.8, 4) is 0 Å². The van der Waals surface area contributed by atoms with Gasteiger partial charge in [-0.3, -0.25) is 0 Å². The topological polar surface area (TPSA) is 99.1 Å². The lowest BCUT2D eigenvalue weighted by Crippen LogP contribution is -2.58. The molecule has 18 heavy (non-hydrogen) atoms. The first kappa shape index (κ1) is 14.7. The second-order valence-electron chi connectivity index (χ2n) is 4.65. The molecule has 0 saturated carbocycles. The summed E-state index contributed by atoms with van der Waals surface area (Å²) in [7, 11) is 0. The van der Waals surface area contributed by atoms with Gasteiger partial charge in [0.2, 0.25) is 0 Å². The van der Waals surface area contributed by atoms with Crippen molar-refractivity contribution in [3.05, 3.63) is 0 Å². The van der Waals surface area contributed by atoms with Crippen LogP contribution < -0.4 is 5.32 Å². The van der Waals surface area contributed by atoms with Gasteiger partial charge < -0.3 is 25.2 Å². The van der Waals surface area contributed by atoms with Crippen LogP contribution in [0.15, 0.2) is 0 Å². The lowest BCUT2D eigenvalue weighted by molar-refractivity contribution is -0.141. The van der Waals surface area contributed by atoms with E-state index in [9.17, 15) is 14.7 Å². The van der Waals surface area contributed by atoms with Gasteiger partial charge in [0, 0.05) is 6.54 Å². The second kappa shape index (κ2) is 6.01. The summed E-state index contributed by atoms with van der Waals surface area (Å²) >= 11 is 0. The van der Waals surface area contributed by atoms with Gasteiger partial charge in [-0.25, -0.2) is 9.59 Å². The fourth-order valence-electron chi connectivity index (χ4n) is 1.79. The van der Waals surface area contributed by atoms with E-state index >= 15 is 0 Å². The number of hydrogen-bond donors (Lipinski definition) is 3. The number of carboxylic acid groups (broad SMARTS) is 1. The van der Waals surface area contributed by atoms with Crippen LogP contribution in [0.25, 0.3) is 0 Å². The molecule has 104 valence electrons. The van der Waals surface area contributed by atoms with E-state index in [1.807, 2.05) is 13.8 Å². The summed E-state index contributed by atoms with van der Waals surface area (Å²) in [6.45, 7) is 5.81. The Morgan fingerprint density at radius 1 is 1.44 bits per heavy atom. The zero-order chi connectivity index (χ0) is 13.9. The summed E-state index contributed by atoms with van der Waals surface area (Å²) in [5, 5.41) is 20.5. The van der Waals surface area contributed by atoms with E-state index in [-0.39, 0.29) is 12.1 Å². The van der Waals surface area contributed by atoms with Gasteiger partial charge in [-0.15, -0.1) is 0 Å². The largest absolute Gasteiger partial charge is 0.480 e. The van der Waals surface area contributed by atoms with Crippen molar-refractivity contribution in [2.24, 2.45) is 0 Å². The van der Waals surface area contributed by atoms with Crippen molar-refractivity contribution in [1.82, 2.24) is 10.2 Å². The Morgan fingerprint density at radius 3 is 2.56 bits per heavy atom. The van der Waals surface area contributed by atoms with Gasteiger partial charge >= 0.3 is 12.0 Å². The van der Waals surface area contributed by atoms with Crippen LogP contribution in [0.4, 0.5) is 4.79 Å². The molecule has 7 heteroatoms. The molecule has 1 saturated heterocycles. The predicted molar refractivity (Wildman–Crippen MR) is 63.2 cm³/mol. The number of nitrogens with zero attached hydrogens (tertiary/aromatic N) is 1. The third kappa shape index (κ3) is 3.58. The minimum Gasteiger partial charge on any atom is -0.480 e. The van der Waals surface area contributed by atoms with Crippen LogP contribution in [-0.4, -0.2) is 64.6 Å². The van der Waals surface area contributed by atoms with Gasteiger partial charge in [0.15, 0.2) is 6.04 Å². The third-order valence-corrected chi connectivity index (χ3v) is 2.90. The van der Waals surface area contributed by atoms with Crippen molar-refractivity contribution in [2.45, 2.75) is 45.1 Å². The van der Waals surface area contributed by atoms with Crippen molar-refractivity contribution < 1.29 is 24.5 Å². The van der Waals surface area contributed by atoms with Gasteiger partial charge in [-0.1, -0.05) is 0 Å². The van der Waals surface area contributed by atoms with Crippen LogP contribution in [0.2, 0.25) is 0 Å². The monoisotopic (exact) mass is 260 g/mol. The summed E-state index contributed by atoms with van der Waals surface area (Å²) in [5.74, 6) is -1.26. The van der Waals surface area contributed by atoms with E-state index in [0.717, 1.165) is 0 Å². The standard InChI is InChI=1S/C11H20N2O5/c1-6-5-18-7(2)4-13(6)11(17)12-9(8(3)14)10(15)16/h6-9,14H,4-5H2,1-3H3,(H,12,17)(H,15,16). The molecule has 0 aliphatic carbocycles. The number of aliphatic hydroxyl groups is 1. The molecule has 4 unspecified atom stereocenters. The quantitative estimate of drug-likeness (QED) is 0.643. The van der Waals surface area contributed by atoms with Gasteiger partial charge in [0.1, 0.15) is 0 Å². The number of aliphatic hydroxyl groups excluding tert-OH is 1. The van der Waals surface area contributed by atoms with Crippen LogP contribution in [0.3, 0.4) is 0 Å². The smallest absolute Gasteiger partial charge is 0.328 e. The van der Waals surface area contributed by atoms with E-state index in [4.69, 9.17) is 9.84 Å². The fraction of sp³-hybridized carbons (Fsp3) is 0.818. The Bertz CT molecular complexity index is 321. The molecule has 3 N–H and O–H groups in total. The normalized spacial score (nSPS) is 27.4.